The van der Waals surface area contributed by atoms with Crippen LogP contribution in [0, 0.1) is 19.7 Å². The van der Waals surface area contributed by atoms with Crippen LogP contribution in [0.5, 0.6) is 0 Å². The summed E-state index contributed by atoms with van der Waals surface area (Å²) in [4.78, 5) is 0. The molecule has 3 heteroatoms. The summed E-state index contributed by atoms with van der Waals surface area (Å²) in [6, 6.07) is 1.56. The molecular formula is C9H10ClFO. The zero-order chi connectivity index (χ0) is 9.30. The number of hydrogen-bond donors (Lipinski definition) is 1. The Morgan fingerprint density at radius 2 is 2.08 bits per heavy atom. The Morgan fingerprint density at radius 1 is 1.50 bits per heavy atom. The van der Waals surface area contributed by atoms with Crippen LogP contribution in [0.2, 0.25) is 5.02 Å². The van der Waals surface area contributed by atoms with E-state index in [-0.39, 0.29) is 11.6 Å². The lowest BCUT2D eigenvalue weighted by Crippen LogP contribution is -1.97. The molecule has 1 aromatic rings. The van der Waals surface area contributed by atoms with Crippen molar-refractivity contribution in [1.29, 1.82) is 0 Å². The zero-order valence-corrected chi connectivity index (χ0v) is 7.74. The second-order valence-electron chi connectivity index (χ2n) is 2.75. The van der Waals surface area contributed by atoms with Gasteiger partial charge >= 0.3 is 0 Å². The van der Waals surface area contributed by atoms with Crippen LogP contribution in [0.3, 0.4) is 0 Å². The highest BCUT2D eigenvalue weighted by Gasteiger charge is 2.10. The molecule has 0 radical (unpaired) electrons. The smallest absolute Gasteiger partial charge is 0.147 e. The minimum absolute atomic E-state index is 0.0714. The van der Waals surface area contributed by atoms with Gasteiger partial charge in [-0.15, -0.1) is 0 Å². The molecule has 0 bridgehead atoms. The monoisotopic (exact) mass is 188 g/mol. The number of rotatable bonds is 1. The minimum Gasteiger partial charge on any atom is -0.392 e. The van der Waals surface area contributed by atoms with Crippen LogP contribution < -0.4 is 0 Å². The standard InChI is InChI=1S/C9H10ClFO/c1-5-3-8(10)9(11)7(4-12)6(5)2/h3,12H,4H2,1-2H3. The van der Waals surface area contributed by atoms with Gasteiger partial charge in [-0.1, -0.05) is 11.6 Å². The van der Waals surface area contributed by atoms with Gasteiger partial charge in [0.25, 0.3) is 0 Å². The van der Waals surface area contributed by atoms with Crippen molar-refractivity contribution in [3.8, 4) is 0 Å². The Labute approximate surface area is 75.8 Å². The molecule has 0 saturated carbocycles. The molecular weight excluding hydrogens is 179 g/mol. The summed E-state index contributed by atoms with van der Waals surface area (Å²) in [6.45, 7) is 3.29. The van der Waals surface area contributed by atoms with Crippen LogP contribution >= 0.6 is 11.6 Å². The van der Waals surface area contributed by atoms with Gasteiger partial charge < -0.3 is 5.11 Å². The second-order valence-corrected chi connectivity index (χ2v) is 3.16. The molecule has 0 aromatic heterocycles. The summed E-state index contributed by atoms with van der Waals surface area (Å²) in [5, 5.41) is 8.92. The van der Waals surface area contributed by atoms with E-state index < -0.39 is 5.82 Å². The first-order valence-corrected chi connectivity index (χ1v) is 4.00. The van der Waals surface area contributed by atoms with Gasteiger partial charge in [0.05, 0.1) is 11.6 Å². The van der Waals surface area contributed by atoms with E-state index in [1.165, 1.54) is 0 Å². The number of aliphatic hydroxyl groups excluding tert-OH is 1. The molecule has 1 aromatic carbocycles. The van der Waals surface area contributed by atoms with Gasteiger partial charge in [0.2, 0.25) is 0 Å². The van der Waals surface area contributed by atoms with Gasteiger partial charge in [0.1, 0.15) is 5.82 Å². The maximum absolute atomic E-state index is 13.2. The second kappa shape index (κ2) is 3.42. The molecule has 0 aliphatic heterocycles. The van der Waals surface area contributed by atoms with Crippen molar-refractivity contribution in [3.05, 3.63) is 33.6 Å². The van der Waals surface area contributed by atoms with Crippen molar-refractivity contribution < 1.29 is 9.50 Å². The van der Waals surface area contributed by atoms with Gasteiger partial charge in [-0.25, -0.2) is 4.39 Å². The van der Waals surface area contributed by atoms with Crippen molar-refractivity contribution in [2.24, 2.45) is 0 Å². The Kier molecular flexibility index (Phi) is 2.70. The van der Waals surface area contributed by atoms with Gasteiger partial charge in [0.15, 0.2) is 0 Å². The molecule has 0 heterocycles. The van der Waals surface area contributed by atoms with E-state index >= 15 is 0 Å². The summed E-state index contributed by atoms with van der Waals surface area (Å²) in [6.07, 6.45) is 0. The molecule has 66 valence electrons. The first-order valence-electron chi connectivity index (χ1n) is 3.63. The third-order valence-corrected chi connectivity index (χ3v) is 2.30. The SMILES string of the molecule is Cc1cc(Cl)c(F)c(CO)c1C. The molecule has 0 spiro atoms. The Hall–Kier alpha value is -0.600. The van der Waals surface area contributed by atoms with Gasteiger partial charge in [0, 0.05) is 5.56 Å². The van der Waals surface area contributed by atoms with Crippen molar-refractivity contribution in [2.45, 2.75) is 20.5 Å². The van der Waals surface area contributed by atoms with Crippen LogP contribution in [-0.4, -0.2) is 5.11 Å². The summed E-state index contributed by atoms with van der Waals surface area (Å²) in [5.74, 6) is -0.512. The van der Waals surface area contributed by atoms with Crippen LogP contribution in [0.4, 0.5) is 4.39 Å². The highest BCUT2D eigenvalue weighted by molar-refractivity contribution is 6.30. The van der Waals surface area contributed by atoms with Crippen molar-refractivity contribution in [3.63, 3.8) is 0 Å². The molecule has 0 unspecified atom stereocenters. The number of halogens is 2. The lowest BCUT2D eigenvalue weighted by molar-refractivity contribution is 0.274. The number of aliphatic hydroxyl groups is 1. The molecule has 0 aliphatic carbocycles. The van der Waals surface area contributed by atoms with Crippen LogP contribution in [0.25, 0.3) is 0 Å². The molecule has 1 rings (SSSR count). The Bertz CT molecular complexity index is 284. The van der Waals surface area contributed by atoms with Gasteiger partial charge in [-0.3, -0.25) is 0 Å². The molecule has 0 aliphatic rings. The predicted molar refractivity (Wildman–Crippen MR) is 46.8 cm³/mol. The Balaban J connectivity index is 3.42. The highest BCUT2D eigenvalue weighted by Crippen LogP contribution is 2.24. The molecule has 0 fully saturated rings. The summed E-state index contributed by atoms with van der Waals surface area (Å²) in [5.41, 5.74) is 1.95. The van der Waals surface area contributed by atoms with E-state index in [1.807, 2.05) is 6.92 Å². The minimum atomic E-state index is -0.512. The van der Waals surface area contributed by atoms with Crippen molar-refractivity contribution in [2.75, 3.05) is 0 Å². The fraction of sp³-hybridized carbons (Fsp3) is 0.333. The molecule has 0 atom stereocenters. The van der Waals surface area contributed by atoms with E-state index in [0.29, 0.717) is 5.56 Å². The van der Waals surface area contributed by atoms with E-state index in [0.717, 1.165) is 11.1 Å². The normalized spacial score (nSPS) is 10.4. The Morgan fingerprint density at radius 3 is 2.58 bits per heavy atom. The molecule has 1 N–H and O–H groups in total. The van der Waals surface area contributed by atoms with Gasteiger partial charge in [-0.05, 0) is 31.0 Å². The number of aryl methyl sites for hydroxylation is 1. The summed E-state index contributed by atoms with van der Waals surface area (Å²) < 4.78 is 13.2. The maximum Gasteiger partial charge on any atom is 0.147 e. The van der Waals surface area contributed by atoms with Crippen LogP contribution in [0.15, 0.2) is 6.07 Å². The number of benzene rings is 1. The number of hydrogen-bond acceptors (Lipinski definition) is 1. The van der Waals surface area contributed by atoms with E-state index in [1.54, 1.807) is 13.0 Å². The lowest BCUT2D eigenvalue weighted by Gasteiger charge is -2.08. The zero-order valence-electron chi connectivity index (χ0n) is 6.99. The maximum atomic E-state index is 13.2. The topological polar surface area (TPSA) is 20.2 Å². The van der Waals surface area contributed by atoms with Crippen molar-refractivity contribution in [1.82, 2.24) is 0 Å². The van der Waals surface area contributed by atoms with E-state index in [4.69, 9.17) is 16.7 Å². The third kappa shape index (κ3) is 1.45. The first-order chi connectivity index (χ1) is 5.57. The largest absolute Gasteiger partial charge is 0.392 e. The molecule has 12 heavy (non-hydrogen) atoms. The quantitative estimate of drug-likeness (QED) is 0.718. The first kappa shape index (κ1) is 9.49. The lowest BCUT2D eigenvalue weighted by atomic mass is 10.0. The third-order valence-electron chi connectivity index (χ3n) is 2.02. The van der Waals surface area contributed by atoms with Crippen molar-refractivity contribution >= 4 is 11.6 Å². The molecule has 0 amide bonds. The average molecular weight is 189 g/mol. The van der Waals surface area contributed by atoms with Crippen LogP contribution in [-0.2, 0) is 6.61 Å². The van der Waals surface area contributed by atoms with E-state index in [9.17, 15) is 4.39 Å². The molecule has 0 saturated heterocycles. The fourth-order valence-electron chi connectivity index (χ4n) is 1.10. The summed E-state index contributed by atoms with van der Waals surface area (Å²) in [7, 11) is 0. The average Bonchev–Trinajstić information content (AvgIpc) is 2.02. The summed E-state index contributed by atoms with van der Waals surface area (Å²) >= 11 is 5.58. The predicted octanol–water partition coefficient (Wildman–Crippen LogP) is 2.59. The van der Waals surface area contributed by atoms with Gasteiger partial charge in [-0.2, -0.15) is 0 Å². The fourth-order valence-corrected chi connectivity index (χ4v) is 1.37. The highest BCUT2D eigenvalue weighted by atomic mass is 35.5. The molecule has 1 nitrogen and oxygen atoms in total. The van der Waals surface area contributed by atoms with Crippen LogP contribution in [0.1, 0.15) is 16.7 Å². The van der Waals surface area contributed by atoms with E-state index in [2.05, 4.69) is 0 Å².